The quantitative estimate of drug-likeness (QED) is 0.593. The van der Waals surface area contributed by atoms with E-state index in [0.29, 0.717) is 31.0 Å². The Morgan fingerprint density at radius 3 is 2.76 bits per heavy atom. The van der Waals surface area contributed by atoms with Gasteiger partial charge in [-0.1, -0.05) is 29.6 Å². The molecule has 1 aliphatic heterocycles. The van der Waals surface area contributed by atoms with Crippen LogP contribution >= 0.6 is 35.0 Å². The molecule has 0 radical (unpaired) electrons. The zero-order chi connectivity index (χ0) is 21.2. The molecule has 1 heterocycles. The molecule has 0 spiro atoms. The lowest BCUT2D eigenvalue weighted by Crippen LogP contribution is -2.49. The molecule has 1 aromatic carbocycles. The highest BCUT2D eigenvalue weighted by molar-refractivity contribution is 7.98. The molecule has 2 rings (SSSR count). The maximum atomic E-state index is 12.7. The second kappa shape index (κ2) is 12.3. The highest BCUT2D eigenvalue weighted by Gasteiger charge is 2.23. The van der Waals surface area contributed by atoms with E-state index in [4.69, 9.17) is 23.2 Å². The zero-order valence-electron chi connectivity index (χ0n) is 16.5. The fourth-order valence-electron chi connectivity index (χ4n) is 3.13. The third-order valence-electron chi connectivity index (χ3n) is 4.76. The van der Waals surface area contributed by atoms with Crippen LogP contribution in [0.3, 0.4) is 0 Å². The number of carbonyl (C=O) groups is 3. The van der Waals surface area contributed by atoms with E-state index in [0.717, 1.165) is 31.6 Å². The topological polar surface area (TPSA) is 78.5 Å². The molecule has 1 aliphatic rings. The van der Waals surface area contributed by atoms with E-state index in [1.807, 2.05) is 6.26 Å². The molecular weight excluding hydrogens is 433 g/mol. The van der Waals surface area contributed by atoms with Gasteiger partial charge in [0.2, 0.25) is 11.8 Å². The smallest absolute Gasteiger partial charge is 0.253 e. The van der Waals surface area contributed by atoms with E-state index in [1.165, 1.54) is 12.1 Å². The average molecular weight is 460 g/mol. The minimum absolute atomic E-state index is 0.140. The molecule has 0 aliphatic carbocycles. The maximum Gasteiger partial charge on any atom is 0.253 e. The molecule has 0 saturated carbocycles. The minimum atomic E-state index is -0.679. The van der Waals surface area contributed by atoms with E-state index in [1.54, 1.807) is 22.7 Å². The SMILES string of the molecule is CSCCC(NC(=O)c1ccc(Cl)cc1Cl)C(=O)NCCN1CCCCCC1=O. The Kier molecular flexibility index (Phi) is 10.1. The normalized spacial score (nSPS) is 15.6. The maximum absolute atomic E-state index is 12.7. The monoisotopic (exact) mass is 459 g/mol. The van der Waals surface area contributed by atoms with Gasteiger partial charge < -0.3 is 15.5 Å². The number of likely N-dealkylation sites (tertiary alicyclic amines) is 1. The molecule has 1 atom stereocenters. The molecule has 9 heteroatoms. The number of halogens is 2. The van der Waals surface area contributed by atoms with Crippen molar-refractivity contribution in [3.05, 3.63) is 33.8 Å². The number of nitrogens with zero attached hydrogens (tertiary/aromatic N) is 1. The van der Waals surface area contributed by atoms with Gasteiger partial charge in [0.25, 0.3) is 5.91 Å². The van der Waals surface area contributed by atoms with E-state index in [-0.39, 0.29) is 22.4 Å². The van der Waals surface area contributed by atoms with Gasteiger partial charge in [-0.05, 0) is 49.5 Å². The van der Waals surface area contributed by atoms with Gasteiger partial charge in [-0.3, -0.25) is 14.4 Å². The van der Waals surface area contributed by atoms with Crippen LogP contribution in [0.1, 0.15) is 42.5 Å². The van der Waals surface area contributed by atoms with Gasteiger partial charge in [0.05, 0.1) is 10.6 Å². The molecular formula is C20H27Cl2N3O3S. The lowest BCUT2D eigenvalue weighted by molar-refractivity contribution is -0.131. The Balaban J connectivity index is 1.92. The Hall–Kier alpha value is -1.44. The lowest BCUT2D eigenvalue weighted by Gasteiger charge is -2.22. The Morgan fingerprint density at radius 2 is 2.03 bits per heavy atom. The van der Waals surface area contributed by atoms with Crippen LogP contribution in [0.15, 0.2) is 18.2 Å². The minimum Gasteiger partial charge on any atom is -0.353 e. The molecule has 1 fully saturated rings. The molecule has 3 amide bonds. The highest BCUT2D eigenvalue weighted by Crippen LogP contribution is 2.21. The number of rotatable bonds is 9. The Labute approximate surface area is 186 Å². The van der Waals surface area contributed by atoms with Crippen LogP contribution in [0.25, 0.3) is 0 Å². The summed E-state index contributed by atoms with van der Waals surface area (Å²) in [5.41, 5.74) is 0.271. The second-order valence-electron chi connectivity index (χ2n) is 6.91. The Bertz CT molecular complexity index is 733. The molecule has 0 aromatic heterocycles. The average Bonchev–Trinajstić information content (AvgIpc) is 2.89. The van der Waals surface area contributed by atoms with Gasteiger partial charge in [-0.2, -0.15) is 11.8 Å². The molecule has 160 valence electrons. The van der Waals surface area contributed by atoms with E-state index < -0.39 is 11.9 Å². The van der Waals surface area contributed by atoms with Crippen molar-refractivity contribution in [1.29, 1.82) is 0 Å². The summed E-state index contributed by atoms with van der Waals surface area (Å²) in [4.78, 5) is 39.1. The molecule has 1 aromatic rings. The largest absolute Gasteiger partial charge is 0.353 e. The number of thioether (sulfide) groups is 1. The van der Waals surface area contributed by atoms with Crippen molar-refractivity contribution in [2.45, 2.75) is 38.1 Å². The first kappa shape index (κ1) is 23.8. The predicted octanol–water partition coefficient (Wildman–Crippen LogP) is 3.36. The number of nitrogens with one attached hydrogen (secondary N) is 2. The van der Waals surface area contributed by atoms with Gasteiger partial charge in [-0.15, -0.1) is 0 Å². The van der Waals surface area contributed by atoms with Crippen molar-refractivity contribution in [3.63, 3.8) is 0 Å². The first-order valence-corrected chi connectivity index (χ1v) is 11.9. The number of hydrogen-bond donors (Lipinski definition) is 2. The number of carbonyl (C=O) groups excluding carboxylic acids is 3. The van der Waals surface area contributed by atoms with Crippen LogP contribution in [-0.2, 0) is 9.59 Å². The van der Waals surface area contributed by atoms with Crippen molar-refractivity contribution in [3.8, 4) is 0 Å². The second-order valence-corrected chi connectivity index (χ2v) is 8.74. The number of amides is 3. The van der Waals surface area contributed by atoms with Crippen LogP contribution < -0.4 is 10.6 Å². The van der Waals surface area contributed by atoms with Crippen molar-refractivity contribution >= 4 is 52.7 Å². The van der Waals surface area contributed by atoms with Gasteiger partial charge in [0.1, 0.15) is 6.04 Å². The van der Waals surface area contributed by atoms with Gasteiger partial charge in [0.15, 0.2) is 0 Å². The van der Waals surface area contributed by atoms with Crippen LogP contribution in [-0.4, -0.2) is 60.3 Å². The van der Waals surface area contributed by atoms with E-state index in [9.17, 15) is 14.4 Å². The van der Waals surface area contributed by atoms with Crippen molar-refractivity contribution in [2.24, 2.45) is 0 Å². The summed E-state index contributed by atoms with van der Waals surface area (Å²) in [5.74, 6) is 0.175. The van der Waals surface area contributed by atoms with E-state index in [2.05, 4.69) is 10.6 Å². The van der Waals surface area contributed by atoms with E-state index >= 15 is 0 Å². The fourth-order valence-corrected chi connectivity index (χ4v) is 4.09. The lowest BCUT2D eigenvalue weighted by atomic mass is 10.1. The third-order valence-corrected chi connectivity index (χ3v) is 5.95. The summed E-state index contributed by atoms with van der Waals surface area (Å²) in [6, 6.07) is 3.93. The fraction of sp³-hybridized carbons (Fsp3) is 0.550. The standard InChI is InChI=1S/C20H27Cl2N3O3S/c1-29-12-8-17(24-19(27)15-7-6-14(21)13-16(15)22)20(28)23-9-11-25-10-4-2-3-5-18(25)26/h6-7,13,17H,2-5,8-12H2,1H3,(H,23,28)(H,24,27). The van der Waals surface area contributed by atoms with Crippen LogP contribution in [0.2, 0.25) is 10.0 Å². The van der Waals surface area contributed by atoms with Crippen LogP contribution in [0, 0.1) is 0 Å². The van der Waals surface area contributed by atoms with Gasteiger partial charge in [0, 0.05) is 31.1 Å². The van der Waals surface area contributed by atoms with Crippen molar-refractivity contribution in [2.75, 3.05) is 31.6 Å². The molecule has 1 saturated heterocycles. The summed E-state index contributed by atoms with van der Waals surface area (Å²) in [6.45, 7) is 1.57. The van der Waals surface area contributed by atoms with Crippen LogP contribution in [0.4, 0.5) is 0 Å². The molecule has 2 N–H and O–H groups in total. The number of benzene rings is 1. The van der Waals surface area contributed by atoms with Crippen molar-refractivity contribution in [1.82, 2.24) is 15.5 Å². The van der Waals surface area contributed by atoms with Gasteiger partial charge in [-0.25, -0.2) is 0 Å². The summed E-state index contributed by atoms with van der Waals surface area (Å²) in [5, 5.41) is 6.28. The third kappa shape index (κ3) is 7.72. The molecule has 29 heavy (non-hydrogen) atoms. The molecule has 0 bridgehead atoms. The highest BCUT2D eigenvalue weighted by atomic mass is 35.5. The van der Waals surface area contributed by atoms with Crippen molar-refractivity contribution < 1.29 is 14.4 Å². The summed E-state index contributed by atoms with van der Waals surface area (Å²) < 4.78 is 0. The molecule has 1 unspecified atom stereocenters. The van der Waals surface area contributed by atoms with Crippen LogP contribution in [0.5, 0.6) is 0 Å². The van der Waals surface area contributed by atoms with Gasteiger partial charge >= 0.3 is 0 Å². The zero-order valence-corrected chi connectivity index (χ0v) is 18.8. The number of hydrogen-bond acceptors (Lipinski definition) is 4. The summed E-state index contributed by atoms with van der Waals surface area (Å²) in [7, 11) is 0. The summed E-state index contributed by atoms with van der Waals surface area (Å²) in [6.07, 6.45) is 5.99. The molecule has 6 nitrogen and oxygen atoms in total. The Morgan fingerprint density at radius 1 is 1.24 bits per heavy atom. The summed E-state index contributed by atoms with van der Waals surface area (Å²) >= 11 is 13.6. The first-order valence-electron chi connectivity index (χ1n) is 9.72. The predicted molar refractivity (Wildman–Crippen MR) is 119 cm³/mol. The first-order chi connectivity index (χ1) is 13.9.